The summed E-state index contributed by atoms with van der Waals surface area (Å²) in [6, 6.07) is 9.92. The molecule has 1 N–H and O–H groups in total. The highest BCUT2D eigenvalue weighted by atomic mass is 32.1. The Bertz CT molecular complexity index is 859. The molecule has 6 nitrogen and oxygen atoms in total. The molecule has 7 heteroatoms. The van der Waals surface area contributed by atoms with Crippen LogP contribution in [0.15, 0.2) is 48.9 Å². The highest BCUT2D eigenvalue weighted by Gasteiger charge is 2.26. The maximum Gasteiger partial charge on any atom is 0.263 e. The Morgan fingerprint density at radius 1 is 1.28 bits per heavy atom. The first kappa shape index (κ1) is 15.8. The summed E-state index contributed by atoms with van der Waals surface area (Å²) in [5, 5.41) is 3.96. The highest BCUT2D eigenvalue weighted by Crippen LogP contribution is 2.23. The molecule has 1 aliphatic rings. The lowest BCUT2D eigenvalue weighted by Gasteiger charge is -2.17. The van der Waals surface area contributed by atoms with E-state index in [1.165, 1.54) is 11.3 Å². The molecular formula is C18H19N5OS. The topological polar surface area (TPSA) is 63.1 Å². The van der Waals surface area contributed by atoms with E-state index in [9.17, 15) is 4.79 Å². The normalized spacial score (nSPS) is 17.0. The number of carbonyl (C=O) groups is 1. The van der Waals surface area contributed by atoms with Crippen LogP contribution in [-0.2, 0) is 0 Å². The minimum Gasteiger partial charge on any atom is -0.354 e. The molecule has 0 unspecified atom stereocenters. The first-order chi connectivity index (χ1) is 12.2. The number of hydrogen-bond acceptors (Lipinski definition) is 5. The van der Waals surface area contributed by atoms with Crippen molar-refractivity contribution in [1.82, 2.24) is 19.9 Å². The molecule has 0 radical (unpaired) electrons. The second kappa shape index (κ2) is 6.68. The zero-order valence-corrected chi connectivity index (χ0v) is 14.7. The van der Waals surface area contributed by atoms with Gasteiger partial charge in [-0.05, 0) is 37.6 Å². The molecule has 1 atom stereocenters. The number of nitrogens with one attached hydrogen (secondary N) is 1. The van der Waals surface area contributed by atoms with Gasteiger partial charge in [-0.3, -0.25) is 4.79 Å². The van der Waals surface area contributed by atoms with Crippen molar-refractivity contribution in [3.63, 3.8) is 0 Å². The molecule has 25 heavy (non-hydrogen) atoms. The second-order valence-electron chi connectivity index (χ2n) is 6.09. The zero-order chi connectivity index (χ0) is 17.2. The molecule has 128 valence electrons. The SMILES string of the molecule is Cc1nc(-n2cccc2)sc1C(=O)N[C@H]1CCN(c2ccccn2)C1. The highest BCUT2D eigenvalue weighted by molar-refractivity contribution is 7.16. The van der Waals surface area contributed by atoms with Crippen molar-refractivity contribution in [3.05, 3.63) is 59.5 Å². The third kappa shape index (κ3) is 3.28. The van der Waals surface area contributed by atoms with E-state index in [0.29, 0.717) is 4.88 Å². The third-order valence-corrected chi connectivity index (χ3v) is 5.48. The Kier molecular flexibility index (Phi) is 4.23. The van der Waals surface area contributed by atoms with Crippen LogP contribution in [0.25, 0.3) is 5.13 Å². The number of aromatic nitrogens is 3. The van der Waals surface area contributed by atoms with Crippen molar-refractivity contribution in [2.24, 2.45) is 0 Å². The molecule has 1 saturated heterocycles. The number of amides is 1. The Morgan fingerprint density at radius 2 is 2.12 bits per heavy atom. The Hall–Kier alpha value is -2.67. The molecule has 0 saturated carbocycles. The average molecular weight is 353 g/mol. The fraction of sp³-hybridized carbons (Fsp3) is 0.278. The Morgan fingerprint density at radius 3 is 2.88 bits per heavy atom. The van der Waals surface area contributed by atoms with Crippen molar-refractivity contribution in [3.8, 4) is 5.13 Å². The molecule has 1 aliphatic heterocycles. The van der Waals surface area contributed by atoms with E-state index in [0.717, 1.165) is 36.2 Å². The van der Waals surface area contributed by atoms with Gasteiger partial charge in [0, 0.05) is 37.7 Å². The number of pyridine rings is 1. The van der Waals surface area contributed by atoms with Crippen molar-refractivity contribution >= 4 is 23.1 Å². The van der Waals surface area contributed by atoms with Gasteiger partial charge in [0.1, 0.15) is 10.7 Å². The average Bonchev–Trinajstić information content (AvgIpc) is 3.35. The van der Waals surface area contributed by atoms with Crippen LogP contribution in [-0.4, -0.2) is 39.6 Å². The summed E-state index contributed by atoms with van der Waals surface area (Å²) in [6.45, 7) is 3.57. The number of hydrogen-bond donors (Lipinski definition) is 1. The first-order valence-electron chi connectivity index (χ1n) is 8.28. The largest absolute Gasteiger partial charge is 0.354 e. The Labute approximate surface area is 150 Å². The van der Waals surface area contributed by atoms with E-state index in [4.69, 9.17) is 0 Å². The summed E-state index contributed by atoms with van der Waals surface area (Å²) in [7, 11) is 0. The summed E-state index contributed by atoms with van der Waals surface area (Å²) in [6.07, 6.45) is 6.58. The van der Waals surface area contributed by atoms with Crippen LogP contribution in [0.1, 0.15) is 21.8 Å². The van der Waals surface area contributed by atoms with Gasteiger partial charge in [-0.25, -0.2) is 9.97 Å². The first-order valence-corrected chi connectivity index (χ1v) is 9.10. The molecule has 0 spiro atoms. The van der Waals surface area contributed by atoms with Crippen LogP contribution >= 0.6 is 11.3 Å². The maximum absolute atomic E-state index is 12.7. The minimum absolute atomic E-state index is 0.0405. The lowest BCUT2D eigenvalue weighted by molar-refractivity contribution is 0.0943. The maximum atomic E-state index is 12.7. The van der Waals surface area contributed by atoms with Crippen LogP contribution < -0.4 is 10.2 Å². The minimum atomic E-state index is -0.0405. The summed E-state index contributed by atoms with van der Waals surface area (Å²) < 4.78 is 1.92. The van der Waals surface area contributed by atoms with Gasteiger partial charge in [-0.1, -0.05) is 17.4 Å². The van der Waals surface area contributed by atoms with Crippen LogP contribution in [0.2, 0.25) is 0 Å². The van der Waals surface area contributed by atoms with Crippen LogP contribution in [0.4, 0.5) is 5.82 Å². The molecule has 3 aromatic heterocycles. The van der Waals surface area contributed by atoms with Crippen molar-refractivity contribution in [2.45, 2.75) is 19.4 Å². The molecular weight excluding hydrogens is 334 g/mol. The van der Waals surface area contributed by atoms with Gasteiger partial charge in [0.25, 0.3) is 5.91 Å². The van der Waals surface area contributed by atoms with Gasteiger partial charge >= 0.3 is 0 Å². The molecule has 4 rings (SSSR count). The number of rotatable bonds is 4. The predicted octanol–water partition coefficient (Wildman–Crippen LogP) is 2.65. The van der Waals surface area contributed by atoms with Crippen molar-refractivity contribution < 1.29 is 4.79 Å². The fourth-order valence-electron chi connectivity index (χ4n) is 3.04. The second-order valence-corrected chi connectivity index (χ2v) is 7.07. The van der Waals surface area contributed by atoms with Gasteiger partial charge < -0.3 is 14.8 Å². The molecule has 1 fully saturated rings. The quantitative estimate of drug-likeness (QED) is 0.783. The van der Waals surface area contributed by atoms with E-state index >= 15 is 0 Å². The fourth-order valence-corrected chi connectivity index (χ4v) is 3.98. The molecule has 0 aliphatic carbocycles. The summed E-state index contributed by atoms with van der Waals surface area (Å²) >= 11 is 1.42. The number of aryl methyl sites for hydroxylation is 1. The van der Waals surface area contributed by atoms with E-state index in [-0.39, 0.29) is 11.9 Å². The number of nitrogens with zero attached hydrogens (tertiary/aromatic N) is 4. The van der Waals surface area contributed by atoms with Crippen LogP contribution in [0, 0.1) is 6.92 Å². The lowest BCUT2D eigenvalue weighted by atomic mass is 10.2. The van der Waals surface area contributed by atoms with E-state index in [1.54, 1.807) is 6.20 Å². The van der Waals surface area contributed by atoms with Crippen molar-refractivity contribution in [1.29, 1.82) is 0 Å². The standard InChI is InChI=1S/C18H19N5OS/c1-13-16(25-18(20-13)22-9-4-5-10-22)17(24)21-14-7-11-23(12-14)15-6-2-3-8-19-15/h2-6,8-10,14H,7,11-12H2,1H3,(H,21,24)/t14-/m0/s1. The molecule has 4 heterocycles. The number of anilines is 1. The predicted molar refractivity (Wildman–Crippen MR) is 98.5 cm³/mol. The monoisotopic (exact) mass is 353 g/mol. The molecule has 0 aromatic carbocycles. The van der Waals surface area contributed by atoms with Gasteiger partial charge in [0.15, 0.2) is 5.13 Å². The Balaban J connectivity index is 1.43. The van der Waals surface area contributed by atoms with Gasteiger partial charge in [-0.2, -0.15) is 0 Å². The van der Waals surface area contributed by atoms with E-state index in [1.807, 2.05) is 54.2 Å². The molecule has 1 amide bonds. The van der Waals surface area contributed by atoms with Gasteiger partial charge in [0.2, 0.25) is 0 Å². The molecule has 3 aromatic rings. The van der Waals surface area contributed by atoms with Gasteiger partial charge in [0.05, 0.1) is 5.69 Å². The zero-order valence-electron chi connectivity index (χ0n) is 13.9. The summed E-state index contributed by atoms with van der Waals surface area (Å²) in [4.78, 5) is 24.4. The summed E-state index contributed by atoms with van der Waals surface area (Å²) in [5.41, 5.74) is 0.769. The van der Waals surface area contributed by atoms with Gasteiger partial charge in [-0.15, -0.1) is 0 Å². The molecule has 0 bridgehead atoms. The van der Waals surface area contributed by atoms with E-state index < -0.39 is 0 Å². The lowest BCUT2D eigenvalue weighted by Crippen LogP contribution is -2.37. The summed E-state index contributed by atoms with van der Waals surface area (Å²) in [5.74, 6) is 0.921. The van der Waals surface area contributed by atoms with Crippen LogP contribution in [0.3, 0.4) is 0 Å². The smallest absolute Gasteiger partial charge is 0.263 e. The number of thiazole rings is 1. The van der Waals surface area contributed by atoms with Crippen molar-refractivity contribution in [2.75, 3.05) is 18.0 Å². The third-order valence-electron chi connectivity index (χ3n) is 4.31. The number of carbonyl (C=O) groups excluding carboxylic acids is 1. The van der Waals surface area contributed by atoms with E-state index in [2.05, 4.69) is 20.2 Å². The van der Waals surface area contributed by atoms with Crippen LogP contribution in [0.5, 0.6) is 0 Å².